The SMILES string of the molecule is Cc1cc(C)c(C#N)c(SCC(=O)NC(c2ccccc2)C(C)C)n1. The predicted octanol–water partition coefficient (Wildman–Crippen LogP) is 4.18. The molecule has 0 aliphatic carbocycles. The zero-order chi connectivity index (χ0) is 18.4. The van der Waals surface area contributed by atoms with Crippen molar-refractivity contribution in [2.24, 2.45) is 5.92 Å². The van der Waals surface area contributed by atoms with Crippen molar-refractivity contribution in [2.75, 3.05) is 5.75 Å². The number of aromatic nitrogens is 1. The summed E-state index contributed by atoms with van der Waals surface area (Å²) in [6, 6.07) is 14.0. The van der Waals surface area contributed by atoms with Gasteiger partial charge < -0.3 is 5.32 Å². The van der Waals surface area contributed by atoms with Gasteiger partial charge in [-0.1, -0.05) is 55.9 Å². The van der Waals surface area contributed by atoms with Gasteiger partial charge >= 0.3 is 0 Å². The van der Waals surface area contributed by atoms with Crippen LogP contribution in [-0.4, -0.2) is 16.6 Å². The van der Waals surface area contributed by atoms with Crippen molar-refractivity contribution in [1.82, 2.24) is 10.3 Å². The van der Waals surface area contributed by atoms with Crippen LogP contribution in [0.1, 0.15) is 42.3 Å². The minimum Gasteiger partial charge on any atom is -0.348 e. The van der Waals surface area contributed by atoms with Gasteiger partial charge in [-0.3, -0.25) is 4.79 Å². The summed E-state index contributed by atoms with van der Waals surface area (Å²) in [4.78, 5) is 16.8. The van der Waals surface area contributed by atoms with Crippen LogP contribution in [0, 0.1) is 31.1 Å². The van der Waals surface area contributed by atoms with E-state index in [1.54, 1.807) is 0 Å². The second-order valence-electron chi connectivity index (χ2n) is 6.36. The molecular formula is C20H23N3OS. The molecule has 1 N–H and O–H groups in total. The molecule has 1 heterocycles. The van der Waals surface area contributed by atoms with Crippen molar-refractivity contribution in [3.05, 3.63) is 58.8 Å². The van der Waals surface area contributed by atoms with Gasteiger partial charge in [0, 0.05) is 5.69 Å². The Labute approximate surface area is 153 Å². The molecule has 0 saturated heterocycles. The maximum atomic E-state index is 12.4. The van der Waals surface area contributed by atoms with Crippen molar-refractivity contribution in [3.63, 3.8) is 0 Å². The van der Waals surface area contributed by atoms with Gasteiger partial charge in [0.1, 0.15) is 11.1 Å². The number of hydrogen-bond acceptors (Lipinski definition) is 4. The minimum atomic E-state index is -0.0580. The van der Waals surface area contributed by atoms with Gasteiger partial charge in [-0.05, 0) is 37.0 Å². The lowest BCUT2D eigenvalue weighted by molar-refractivity contribution is -0.119. The van der Waals surface area contributed by atoms with E-state index in [9.17, 15) is 10.1 Å². The summed E-state index contributed by atoms with van der Waals surface area (Å²) < 4.78 is 0. The van der Waals surface area contributed by atoms with Crippen LogP contribution in [0.4, 0.5) is 0 Å². The first kappa shape index (κ1) is 19.0. The molecule has 5 heteroatoms. The number of rotatable bonds is 6. The molecule has 0 radical (unpaired) electrons. The van der Waals surface area contributed by atoms with E-state index in [-0.39, 0.29) is 23.6 Å². The van der Waals surface area contributed by atoms with E-state index >= 15 is 0 Å². The number of nitriles is 1. The molecule has 1 unspecified atom stereocenters. The molecule has 1 aromatic heterocycles. The minimum absolute atomic E-state index is 0.0306. The van der Waals surface area contributed by atoms with E-state index in [1.807, 2.05) is 50.2 Å². The number of amides is 1. The Morgan fingerprint density at radius 3 is 2.56 bits per heavy atom. The molecule has 0 fully saturated rings. The molecule has 0 bridgehead atoms. The van der Waals surface area contributed by atoms with E-state index in [2.05, 4.69) is 30.2 Å². The highest BCUT2D eigenvalue weighted by Crippen LogP contribution is 2.25. The average Bonchev–Trinajstić information content (AvgIpc) is 2.58. The van der Waals surface area contributed by atoms with Gasteiger partial charge in [-0.25, -0.2) is 4.98 Å². The molecular weight excluding hydrogens is 330 g/mol. The summed E-state index contributed by atoms with van der Waals surface area (Å²) in [6.45, 7) is 7.96. The third-order valence-electron chi connectivity index (χ3n) is 3.91. The predicted molar refractivity (Wildman–Crippen MR) is 101 cm³/mol. The van der Waals surface area contributed by atoms with Crippen LogP contribution < -0.4 is 5.32 Å². The van der Waals surface area contributed by atoms with Gasteiger partial charge in [0.15, 0.2) is 0 Å². The molecule has 0 aliphatic heterocycles. The molecule has 1 aromatic carbocycles. The summed E-state index contributed by atoms with van der Waals surface area (Å²) in [5.41, 5.74) is 3.39. The number of nitrogens with zero attached hydrogens (tertiary/aromatic N) is 2. The molecule has 4 nitrogen and oxygen atoms in total. The van der Waals surface area contributed by atoms with E-state index in [0.29, 0.717) is 10.6 Å². The first-order chi connectivity index (χ1) is 11.9. The molecule has 0 aliphatic rings. The van der Waals surface area contributed by atoms with Crippen molar-refractivity contribution >= 4 is 17.7 Å². The highest BCUT2D eigenvalue weighted by atomic mass is 32.2. The van der Waals surface area contributed by atoms with Crippen molar-refractivity contribution in [2.45, 2.75) is 38.8 Å². The molecule has 1 atom stereocenters. The highest BCUT2D eigenvalue weighted by Gasteiger charge is 2.19. The second-order valence-corrected chi connectivity index (χ2v) is 7.33. The first-order valence-electron chi connectivity index (χ1n) is 8.27. The number of benzene rings is 1. The number of carbonyl (C=O) groups excluding carboxylic acids is 1. The van der Waals surface area contributed by atoms with E-state index in [4.69, 9.17) is 0 Å². The third kappa shape index (κ3) is 5.07. The molecule has 1 amide bonds. The third-order valence-corrected chi connectivity index (χ3v) is 4.88. The quantitative estimate of drug-likeness (QED) is 0.791. The lowest BCUT2D eigenvalue weighted by atomic mass is 9.96. The summed E-state index contributed by atoms with van der Waals surface area (Å²) in [5.74, 6) is 0.462. The number of pyridine rings is 1. The zero-order valence-corrected chi connectivity index (χ0v) is 15.9. The Balaban J connectivity index is 2.07. The van der Waals surface area contributed by atoms with Crippen molar-refractivity contribution < 1.29 is 4.79 Å². The molecule has 0 saturated carbocycles. The summed E-state index contributed by atoms with van der Waals surface area (Å²) in [6.07, 6.45) is 0. The fourth-order valence-electron chi connectivity index (χ4n) is 2.69. The second kappa shape index (κ2) is 8.68. The fraction of sp³-hybridized carbons (Fsp3) is 0.350. The summed E-state index contributed by atoms with van der Waals surface area (Å²) >= 11 is 1.31. The maximum Gasteiger partial charge on any atom is 0.230 e. The standard InChI is InChI=1S/C20H23N3OS/c1-13(2)19(16-8-6-5-7-9-16)23-18(24)12-25-20-17(11-21)14(3)10-15(4)22-20/h5-10,13,19H,12H2,1-4H3,(H,23,24). The van der Waals surface area contributed by atoms with Gasteiger partial charge in [0.25, 0.3) is 0 Å². The molecule has 2 rings (SSSR count). The maximum absolute atomic E-state index is 12.4. The Kier molecular flexibility index (Phi) is 6.60. The fourth-order valence-corrected chi connectivity index (χ4v) is 3.60. The Morgan fingerprint density at radius 1 is 1.28 bits per heavy atom. The summed E-state index contributed by atoms with van der Waals surface area (Å²) in [5, 5.41) is 13.0. The monoisotopic (exact) mass is 353 g/mol. The highest BCUT2D eigenvalue weighted by molar-refractivity contribution is 8.00. The zero-order valence-electron chi connectivity index (χ0n) is 15.0. The Morgan fingerprint density at radius 2 is 1.96 bits per heavy atom. The normalized spacial score (nSPS) is 11.8. The first-order valence-corrected chi connectivity index (χ1v) is 9.26. The molecule has 130 valence electrons. The largest absolute Gasteiger partial charge is 0.348 e. The number of hydrogen-bond donors (Lipinski definition) is 1. The van der Waals surface area contributed by atoms with Crippen LogP contribution in [0.15, 0.2) is 41.4 Å². The van der Waals surface area contributed by atoms with Gasteiger partial charge in [0.05, 0.1) is 17.4 Å². The van der Waals surface area contributed by atoms with Gasteiger partial charge in [-0.2, -0.15) is 5.26 Å². The molecule has 25 heavy (non-hydrogen) atoms. The van der Waals surface area contributed by atoms with Crippen LogP contribution in [0.2, 0.25) is 0 Å². The number of carbonyl (C=O) groups is 1. The Hall–Kier alpha value is -2.32. The number of aryl methyl sites for hydroxylation is 2. The van der Waals surface area contributed by atoms with Crippen LogP contribution in [0.5, 0.6) is 0 Å². The molecule has 2 aromatic rings. The number of nitrogens with one attached hydrogen (secondary N) is 1. The Bertz CT molecular complexity index is 782. The van der Waals surface area contributed by atoms with Crippen LogP contribution >= 0.6 is 11.8 Å². The number of thioether (sulfide) groups is 1. The lowest BCUT2D eigenvalue weighted by Gasteiger charge is -2.23. The van der Waals surface area contributed by atoms with Crippen molar-refractivity contribution in [3.8, 4) is 6.07 Å². The van der Waals surface area contributed by atoms with E-state index in [1.165, 1.54) is 11.8 Å². The van der Waals surface area contributed by atoms with Crippen LogP contribution in [0.3, 0.4) is 0 Å². The molecule has 0 spiro atoms. The van der Waals surface area contributed by atoms with E-state index < -0.39 is 0 Å². The van der Waals surface area contributed by atoms with E-state index in [0.717, 1.165) is 16.8 Å². The van der Waals surface area contributed by atoms with Gasteiger partial charge in [0.2, 0.25) is 5.91 Å². The topological polar surface area (TPSA) is 65.8 Å². The van der Waals surface area contributed by atoms with Crippen LogP contribution in [0.25, 0.3) is 0 Å². The van der Waals surface area contributed by atoms with Gasteiger partial charge in [-0.15, -0.1) is 0 Å². The summed E-state index contributed by atoms with van der Waals surface area (Å²) in [7, 11) is 0. The van der Waals surface area contributed by atoms with Crippen molar-refractivity contribution in [1.29, 1.82) is 5.26 Å². The lowest BCUT2D eigenvalue weighted by Crippen LogP contribution is -2.33. The smallest absolute Gasteiger partial charge is 0.230 e. The van der Waals surface area contributed by atoms with Crippen LogP contribution in [-0.2, 0) is 4.79 Å². The average molecular weight is 353 g/mol.